The van der Waals surface area contributed by atoms with Crippen LogP contribution in [-0.2, 0) is 20.8 Å². The van der Waals surface area contributed by atoms with E-state index >= 15 is 0 Å². The average Bonchev–Trinajstić information content (AvgIpc) is 2.86. The minimum absolute atomic E-state index is 0.0214. The molecule has 0 amide bonds. The number of aliphatic hydroxyl groups excluding tert-OH is 1. The van der Waals surface area contributed by atoms with E-state index in [1.807, 2.05) is 30.3 Å². The van der Waals surface area contributed by atoms with Gasteiger partial charge in [-0.25, -0.2) is 0 Å². The summed E-state index contributed by atoms with van der Waals surface area (Å²) in [5.41, 5.74) is -0.381. The zero-order valence-electron chi connectivity index (χ0n) is 13.4. The summed E-state index contributed by atoms with van der Waals surface area (Å²) in [6.45, 7) is 0.442. The highest BCUT2D eigenvalue weighted by Crippen LogP contribution is 2.30. The van der Waals surface area contributed by atoms with Crippen molar-refractivity contribution in [1.82, 2.24) is 0 Å². The van der Waals surface area contributed by atoms with Gasteiger partial charge in [-0.3, -0.25) is 0 Å². The third-order valence-electron chi connectivity index (χ3n) is 4.65. The van der Waals surface area contributed by atoms with E-state index in [0.29, 0.717) is 6.61 Å². The molecule has 1 aromatic carbocycles. The Kier molecular flexibility index (Phi) is 5.67. The summed E-state index contributed by atoms with van der Waals surface area (Å²) in [4.78, 5) is 0. The van der Waals surface area contributed by atoms with Gasteiger partial charge in [0.05, 0.1) is 25.9 Å². The highest BCUT2D eigenvalue weighted by atomic mass is 16.7. The van der Waals surface area contributed by atoms with Crippen LogP contribution in [-0.4, -0.2) is 47.5 Å². The summed E-state index contributed by atoms with van der Waals surface area (Å²) < 4.78 is 16.9. The van der Waals surface area contributed by atoms with E-state index in [1.165, 1.54) is 6.42 Å². The molecule has 1 aliphatic carbocycles. The molecule has 5 heteroatoms. The molecule has 3 rings (SSSR count). The minimum atomic E-state index is -1.41. The summed E-state index contributed by atoms with van der Waals surface area (Å²) >= 11 is 0. The Morgan fingerprint density at radius 3 is 2.61 bits per heavy atom. The molecule has 2 N–H and O–H groups in total. The molecule has 23 heavy (non-hydrogen) atoms. The minimum Gasteiger partial charge on any atom is -0.385 e. The molecule has 3 atom stereocenters. The van der Waals surface area contributed by atoms with Crippen molar-refractivity contribution in [3.63, 3.8) is 0 Å². The Bertz CT molecular complexity index is 474. The second kappa shape index (κ2) is 7.73. The number of benzene rings is 1. The van der Waals surface area contributed by atoms with Gasteiger partial charge in [-0.2, -0.15) is 0 Å². The van der Waals surface area contributed by atoms with Crippen LogP contribution >= 0.6 is 0 Å². The van der Waals surface area contributed by atoms with Crippen molar-refractivity contribution in [2.75, 3.05) is 13.2 Å². The summed E-state index contributed by atoms with van der Waals surface area (Å²) in [5, 5.41) is 20.9. The van der Waals surface area contributed by atoms with Gasteiger partial charge in [0.1, 0.15) is 11.7 Å². The molecule has 1 aliphatic heterocycles. The maximum atomic E-state index is 10.6. The second-order valence-electron chi connectivity index (χ2n) is 6.60. The molecule has 0 spiro atoms. The first-order valence-electron chi connectivity index (χ1n) is 8.46. The van der Waals surface area contributed by atoms with Gasteiger partial charge in [0.15, 0.2) is 6.29 Å². The van der Waals surface area contributed by atoms with Crippen molar-refractivity contribution >= 4 is 0 Å². The van der Waals surface area contributed by atoms with E-state index in [-0.39, 0.29) is 19.3 Å². The van der Waals surface area contributed by atoms with Crippen molar-refractivity contribution in [2.45, 2.75) is 62.8 Å². The molecule has 0 unspecified atom stereocenters. The van der Waals surface area contributed by atoms with Crippen LogP contribution in [0.1, 0.15) is 37.7 Å². The maximum Gasteiger partial charge on any atom is 0.186 e. The first kappa shape index (κ1) is 16.9. The van der Waals surface area contributed by atoms with Crippen LogP contribution < -0.4 is 0 Å². The number of ether oxygens (including phenoxy) is 3. The molecule has 0 aromatic heterocycles. The van der Waals surface area contributed by atoms with E-state index in [9.17, 15) is 10.2 Å². The molecule has 1 saturated carbocycles. The van der Waals surface area contributed by atoms with Gasteiger partial charge in [0.25, 0.3) is 0 Å². The standard InChI is InChI=1S/C18H26O5/c19-16-17(23-15-9-5-2-6-10-15)22-13-18(16,20)12-21-11-14-7-3-1-4-8-14/h1,3-4,7-8,15-17,19-20H,2,5-6,9-13H2/t16-,17-,18+/m0/s1. The largest absolute Gasteiger partial charge is 0.385 e. The molecule has 2 aliphatic rings. The Balaban J connectivity index is 1.47. The van der Waals surface area contributed by atoms with Crippen LogP contribution in [0.5, 0.6) is 0 Å². The first-order valence-corrected chi connectivity index (χ1v) is 8.46. The molecular formula is C18H26O5. The molecule has 1 saturated heterocycles. The third kappa shape index (κ3) is 4.31. The molecule has 1 aromatic rings. The van der Waals surface area contributed by atoms with Crippen LogP contribution in [0.4, 0.5) is 0 Å². The van der Waals surface area contributed by atoms with Crippen molar-refractivity contribution < 1.29 is 24.4 Å². The van der Waals surface area contributed by atoms with E-state index in [4.69, 9.17) is 14.2 Å². The quantitative estimate of drug-likeness (QED) is 0.838. The van der Waals surface area contributed by atoms with Gasteiger partial charge in [-0.05, 0) is 18.4 Å². The highest BCUT2D eigenvalue weighted by molar-refractivity contribution is 5.13. The van der Waals surface area contributed by atoms with Gasteiger partial charge in [-0.15, -0.1) is 0 Å². The van der Waals surface area contributed by atoms with E-state index in [2.05, 4.69) is 0 Å². The Hall–Kier alpha value is -0.980. The van der Waals surface area contributed by atoms with Gasteiger partial charge in [-0.1, -0.05) is 49.6 Å². The zero-order chi connectivity index (χ0) is 16.1. The lowest BCUT2D eigenvalue weighted by molar-refractivity contribution is -0.191. The van der Waals surface area contributed by atoms with Crippen molar-refractivity contribution in [3.8, 4) is 0 Å². The zero-order valence-corrected chi connectivity index (χ0v) is 13.4. The second-order valence-corrected chi connectivity index (χ2v) is 6.60. The molecule has 1 heterocycles. The molecule has 2 fully saturated rings. The summed E-state index contributed by atoms with van der Waals surface area (Å²) in [5.74, 6) is 0. The predicted octanol–water partition coefficient (Wildman–Crippen LogP) is 2.00. The fourth-order valence-electron chi connectivity index (χ4n) is 3.21. The maximum absolute atomic E-state index is 10.6. The lowest BCUT2D eigenvalue weighted by atomic mass is 9.97. The SMILES string of the molecule is O[C@H]1[C@H](OC2CCCCC2)OC[C@]1(O)COCc1ccccc1. The normalized spacial score (nSPS) is 32.3. The van der Waals surface area contributed by atoms with Gasteiger partial charge >= 0.3 is 0 Å². The van der Waals surface area contributed by atoms with E-state index < -0.39 is 18.0 Å². The number of hydrogen-bond donors (Lipinski definition) is 2. The fourth-order valence-corrected chi connectivity index (χ4v) is 3.21. The number of aliphatic hydroxyl groups is 2. The number of rotatable bonds is 6. The topological polar surface area (TPSA) is 68.2 Å². The molecular weight excluding hydrogens is 296 g/mol. The molecule has 5 nitrogen and oxygen atoms in total. The number of hydrogen-bond acceptors (Lipinski definition) is 5. The average molecular weight is 322 g/mol. The van der Waals surface area contributed by atoms with E-state index in [1.54, 1.807) is 0 Å². The van der Waals surface area contributed by atoms with Gasteiger partial charge < -0.3 is 24.4 Å². The van der Waals surface area contributed by atoms with Crippen molar-refractivity contribution in [1.29, 1.82) is 0 Å². The van der Waals surface area contributed by atoms with Crippen LogP contribution in [0, 0.1) is 0 Å². The van der Waals surface area contributed by atoms with Gasteiger partial charge in [0.2, 0.25) is 0 Å². The van der Waals surface area contributed by atoms with Crippen LogP contribution in [0.25, 0.3) is 0 Å². The van der Waals surface area contributed by atoms with Gasteiger partial charge in [0, 0.05) is 0 Å². The fraction of sp³-hybridized carbons (Fsp3) is 0.667. The monoisotopic (exact) mass is 322 g/mol. The Morgan fingerprint density at radius 2 is 1.87 bits per heavy atom. The Labute approximate surface area is 137 Å². The summed E-state index contributed by atoms with van der Waals surface area (Å²) in [6.07, 6.45) is 3.81. The third-order valence-corrected chi connectivity index (χ3v) is 4.65. The molecule has 0 radical (unpaired) electrons. The van der Waals surface area contributed by atoms with Crippen LogP contribution in [0.2, 0.25) is 0 Å². The summed E-state index contributed by atoms with van der Waals surface area (Å²) in [7, 11) is 0. The Morgan fingerprint density at radius 1 is 1.13 bits per heavy atom. The van der Waals surface area contributed by atoms with Crippen LogP contribution in [0.15, 0.2) is 30.3 Å². The first-order chi connectivity index (χ1) is 11.2. The van der Waals surface area contributed by atoms with Crippen molar-refractivity contribution in [2.24, 2.45) is 0 Å². The molecule has 0 bridgehead atoms. The lowest BCUT2D eigenvalue weighted by Gasteiger charge is -2.29. The lowest BCUT2D eigenvalue weighted by Crippen LogP contribution is -2.48. The predicted molar refractivity (Wildman–Crippen MR) is 84.8 cm³/mol. The van der Waals surface area contributed by atoms with Crippen LogP contribution in [0.3, 0.4) is 0 Å². The van der Waals surface area contributed by atoms with E-state index in [0.717, 1.165) is 31.2 Å². The smallest absolute Gasteiger partial charge is 0.186 e. The van der Waals surface area contributed by atoms with Crippen molar-refractivity contribution in [3.05, 3.63) is 35.9 Å². The summed E-state index contributed by atoms with van der Waals surface area (Å²) in [6, 6.07) is 9.74. The highest BCUT2D eigenvalue weighted by Gasteiger charge is 2.49. The molecule has 128 valence electrons.